The molecule has 0 radical (unpaired) electrons. The lowest BCUT2D eigenvalue weighted by atomic mass is 10.1. The summed E-state index contributed by atoms with van der Waals surface area (Å²) in [5.74, 6) is -2.71. The number of hydrogen-bond donors (Lipinski definition) is 0. The van der Waals surface area contributed by atoms with Crippen LogP contribution < -0.4 is 4.74 Å². The van der Waals surface area contributed by atoms with E-state index in [4.69, 9.17) is 0 Å². The first-order chi connectivity index (χ1) is 11.3. The van der Waals surface area contributed by atoms with Gasteiger partial charge in [0.25, 0.3) is 0 Å². The van der Waals surface area contributed by atoms with E-state index in [0.29, 0.717) is 0 Å². The third-order valence-corrected chi connectivity index (χ3v) is 3.28. The Labute approximate surface area is 136 Å². The van der Waals surface area contributed by atoms with Gasteiger partial charge in [0.1, 0.15) is 5.75 Å². The van der Waals surface area contributed by atoms with E-state index in [2.05, 4.69) is 4.74 Å². The largest absolute Gasteiger partial charge is 0.573 e. The predicted molar refractivity (Wildman–Crippen MR) is 82.6 cm³/mol. The lowest BCUT2D eigenvalue weighted by Gasteiger charge is -2.09. The average Bonchev–Trinajstić information content (AvgIpc) is 2.54. The van der Waals surface area contributed by atoms with E-state index in [-0.39, 0.29) is 11.1 Å². The van der Waals surface area contributed by atoms with E-state index in [9.17, 15) is 22.0 Å². The van der Waals surface area contributed by atoms with Crippen LogP contribution in [0.3, 0.4) is 0 Å². The number of aryl methyl sites for hydroxylation is 1. The van der Waals surface area contributed by atoms with Gasteiger partial charge in [0.2, 0.25) is 0 Å². The van der Waals surface area contributed by atoms with Gasteiger partial charge in [-0.15, -0.1) is 13.2 Å². The molecule has 0 saturated heterocycles. The summed E-state index contributed by atoms with van der Waals surface area (Å²) in [4.78, 5) is 0. The van der Waals surface area contributed by atoms with E-state index in [1.54, 1.807) is 12.1 Å². The number of alkyl halides is 3. The molecule has 0 aliphatic heterocycles. The molecule has 0 aliphatic carbocycles. The zero-order valence-corrected chi connectivity index (χ0v) is 12.8. The highest BCUT2D eigenvalue weighted by Crippen LogP contribution is 2.31. The molecule has 0 N–H and O–H groups in total. The van der Waals surface area contributed by atoms with Crippen molar-refractivity contribution in [3.63, 3.8) is 0 Å². The zero-order chi connectivity index (χ0) is 17.7. The van der Waals surface area contributed by atoms with Gasteiger partial charge < -0.3 is 4.74 Å². The van der Waals surface area contributed by atoms with Gasteiger partial charge in [0, 0.05) is 11.1 Å². The maximum absolute atomic E-state index is 14.2. The molecular weight excluding hydrogens is 327 g/mol. The van der Waals surface area contributed by atoms with Crippen molar-refractivity contribution in [2.45, 2.75) is 26.1 Å². The monoisotopic (exact) mass is 342 g/mol. The topological polar surface area (TPSA) is 9.23 Å². The second kappa shape index (κ2) is 7.47. The minimum Gasteiger partial charge on any atom is -0.406 e. The smallest absolute Gasteiger partial charge is 0.406 e. The molecule has 2 aromatic carbocycles. The molecule has 0 aromatic heterocycles. The summed E-state index contributed by atoms with van der Waals surface area (Å²) >= 11 is 0. The molecule has 2 rings (SSSR count). The quantitative estimate of drug-likeness (QED) is 0.457. The summed E-state index contributed by atoms with van der Waals surface area (Å²) in [6, 6.07) is 10.3. The van der Waals surface area contributed by atoms with Crippen LogP contribution in [0.25, 0.3) is 11.7 Å². The van der Waals surface area contributed by atoms with E-state index in [0.717, 1.165) is 42.7 Å². The number of rotatable bonds is 5. The third kappa shape index (κ3) is 4.81. The SMILES string of the molecule is CCCc1ccc(/C(F)=C(\F)c2ccc(OC(F)(F)F)cc2)cc1. The van der Waals surface area contributed by atoms with Crippen molar-refractivity contribution < 1.29 is 26.7 Å². The van der Waals surface area contributed by atoms with Crippen molar-refractivity contribution in [1.29, 1.82) is 0 Å². The lowest BCUT2D eigenvalue weighted by Crippen LogP contribution is -2.16. The molecule has 0 heterocycles. The number of halogens is 5. The van der Waals surface area contributed by atoms with Gasteiger partial charge in [0.05, 0.1) is 0 Å². The Kier molecular flexibility index (Phi) is 5.59. The Morgan fingerprint density at radius 3 is 1.71 bits per heavy atom. The molecule has 0 amide bonds. The van der Waals surface area contributed by atoms with Gasteiger partial charge in [-0.3, -0.25) is 0 Å². The van der Waals surface area contributed by atoms with Crippen molar-refractivity contribution in [2.75, 3.05) is 0 Å². The summed E-state index contributed by atoms with van der Waals surface area (Å²) in [7, 11) is 0. The van der Waals surface area contributed by atoms with E-state index in [1.807, 2.05) is 6.92 Å². The lowest BCUT2D eigenvalue weighted by molar-refractivity contribution is -0.274. The second-order valence-corrected chi connectivity index (χ2v) is 5.15. The molecular formula is C18H15F5O. The Bertz CT molecular complexity index is 700. The molecule has 0 spiro atoms. The van der Waals surface area contributed by atoms with Crippen molar-refractivity contribution in [1.82, 2.24) is 0 Å². The summed E-state index contributed by atoms with van der Waals surface area (Å²) in [5.41, 5.74) is 0.922. The van der Waals surface area contributed by atoms with Crippen LogP contribution in [0.2, 0.25) is 0 Å². The number of hydrogen-bond acceptors (Lipinski definition) is 1. The Morgan fingerprint density at radius 1 is 0.833 bits per heavy atom. The molecule has 1 nitrogen and oxygen atoms in total. The van der Waals surface area contributed by atoms with Crippen LogP contribution in [0, 0.1) is 0 Å². The van der Waals surface area contributed by atoms with Gasteiger partial charge in [-0.25, -0.2) is 8.78 Å². The van der Waals surface area contributed by atoms with E-state index < -0.39 is 23.8 Å². The molecule has 0 saturated carbocycles. The van der Waals surface area contributed by atoms with Crippen LogP contribution in [0.15, 0.2) is 48.5 Å². The normalized spacial score (nSPS) is 12.8. The number of ether oxygens (including phenoxy) is 1. The van der Waals surface area contributed by atoms with Crippen LogP contribution in [-0.4, -0.2) is 6.36 Å². The van der Waals surface area contributed by atoms with Crippen molar-refractivity contribution >= 4 is 11.7 Å². The van der Waals surface area contributed by atoms with Gasteiger partial charge >= 0.3 is 6.36 Å². The summed E-state index contributed by atoms with van der Waals surface area (Å²) in [6.07, 6.45) is -3.05. The fraction of sp³-hybridized carbons (Fsp3) is 0.222. The van der Waals surface area contributed by atoms with Gasteiger partial charge in [-0.2, -0.15) is 0 Å². The van der Waals surface area contributed by atoms with Crippen molar-refractivity contribution in [3.8, 4) is 5.75 Å². The van der Waals surface area contributed by atoms with Crippen LogP contribution in [0.4, 0.5) is 22.0 Å². The van der Waals surface area contributed by atoms with E-state index >= 15 is 0 Å². The van der Waals surface area contributed by atoms with Crippen LogP contribution in [-0.2, 0) is 6.42 Å². The summed E-state index contributed by atoms with van der Waals surface area (Å²) in [6.45, 7) is 2.01. The predicted octanol–water partition coefficient (Wildman–Crippen LogP) is 6.30. The highest BCUT2D eigenvalue weighted by Gasteiger charge is 2.31. The third-order valence-electron chi connectivity index (χ3n) is 3.28. The minimum absolute atomic E-state index is 0.0722. The van der Waals surface area contributed by atoms with Crippen LogP contribution in [0.5, 0.6) is 5.75 Å². The molecule has 0 aliphatic rings. The van der Waals surface area contributed by atoms with E-state index in [1.165, 1.54) is 12.1 Å². The van der Waals surface area contributed by atoms with Gasteiger partial charge in [0.15, 0.2) is 11.7 Å². The Hall–Kier alpha value is -2.37. The molecule has 2 aromatic rings. The fourth-order valence-corrected chi connectivity index (χ4v) is 2.16. The van der Waals surface area contributed by atoms with Crippen molar-refractivity contribution in [3.05, 3.63) is 65.2 Å². The maximum atomic E-state index is 14.2. The Balaban J connectivity index is 2.21. The maximum Gasteiger partial charge on any atom is 0.573 e. The summed E-state index contributed by atoms with van der Waals surface area (Å²) < 4.78 is 68.3. The van der Waals surface area contributed by atoms with Gasteiger partial charge in [-0.05, 0) is 36.2 Å². The molecule has 0 fully saturated rings. The van der Waals surface area contributed by atoms with Crippen LogP contribution in [0.1, 0.15) is 30.0 Å². The Morgan fingerprint density at radius 2 is 1.29 bits per heavy atom. The molecule has 128 valence electrons. The first-order valence-electron chi connectivity index (χ1n) is 7.31. The van der Waals surface area contributed by atoms with Crippen molar-refractivity contribution in [2.24, 2.45) is 0 Å². The zero-order valence-electron chi connectivity index (χ0n) is 12.8. The fourth-order valence-electron chi connectivity index (χ4n) is 2.16. The standard InChI is InChI=1S/C18H15F5O/c1-2-3-12-4-6-13(7-5-12)16(19)17(20)14-8-10-15(11-9-14)24-18(21,22)23/h4-11H,2-3H2,1H3/b17-16+. The first kappa shape index (κ1) is 18.0. The first-order valence-corrected chi connectivity index (χ1v) is 7.31. The highest BCUT2D eigenvalue weighted by molar-refractivity contribution is 5.83. The number of benzene rings is 2. The molecule has 0 atom stereocenters. The molecule has 0 unspecified atom stereocenters. The second-order valence-electron chi connectivity index (χ2n) is 5.15. The average molecular weight is 342 g/mol. The molecule has 6 heteroatoms. The summed E-state index contributed by atoms with van der Waals surface area (Å²) in [5, 5.41) is 0. The highest BCUT2D eigenvalue weighted by atomic mass is 19.4. The van der Waals surface area contributed by atoms with Crippen LogP contribution >= 0.6 is 0 Å². The van der Waals surface area contributed by atoms with Gasteiger partial charge in [-0.1, -0.05) is 37.6 Å². The molecule has 24 heavy (non-hydrogen) atoms. The minimum atomic E-state index is -4.83. The molecule has 0 bridgehead atoms.